The molecule has 0 bridgehead atoms. The van der Waals surface area contributed by atoms with Gasteiger partial charge in [0.1, 0.15) is 23.7 Å². The lowest BCUT2D eigenvalue weighted by Gasteiger charge is -2.10. The number of nitro groups is 1. The van der Waals surface area contributed by atoms with Crippen molar-refractivity contribution < 1.29 is 19.2 Å². The van der Waals surface area contributed by atoms with Crippen LogP contribution < -0.4 is 4.74 Å². The molecule has 0 unspecified atom stereocenters. The van der Waals surface area contributed by atoms with E-state index in [0.29, 0.717) is 29.2 Å². The number of carbonyl (C=O) groups excluding carboxylic acids is 1. The Hall–Kier alpha value is -3.68. The van der Waals surface area contributed by atoms with Gasteiger partial charge >= 0.3 is 11.7 Å². The van der Waals surface area contributed by atoms with Crippen LogP contribution in [-0.2, 0) is 17.9 Å². The summed E-state index contributed by atoms with van der Waals surface area (Å²) in [5, 5.41) is 15.4. The van der Waals surface area contributed by atoms with Crippen molar-refractivity contribution in [3.05, 3.63) is 86.2 Å². The minimum absolute atomic E-state index is 0.0294. The molecule has 0 saturated carbocycles. The third-order valence-electron chi connectivity index (χ3n) is 4.84. The molecule has 3 aromatic rings. The van der Waals surface area contributed by atoms with E-state index in [-0.39, 0.29) is 12.3 Å². The number of aryl methyl sites for hydroxylation is 2. The summed E-state index contributed by atoms with van der Waals surface area (Å²) in [6, 6.07) is 12.6. The first-order valence-corrected chi connectivity index (χ1v) is 9.38. The summed E-state index contributed by atoms with van der Waals surface area (Å²) in [4.78, 5) is 23.1. The number of ether oxygens (including phenoxy) is 2. The van der Waals surface area contributed by atoms with Crippen molar-refractivity contribution in [3.8, 4) is 5.75 Å². The summed E-state index contributed by atoms with van der Waals surface area (Å²) < 4.78 is 12.3. The SMILES string of the molecule is COc1ccc(C)cc1COC(=O)c1ccc(Cn2nc(C)c([N+](=O)[O-])c2C)cc1. The molecule has 8 heteroatoms. The van der Waals surface area contributed by atoms with Gasteiger partial charge < -0.3 is 9.47 Å². The summed E-state index contributed by atoms with van der Waals surface area (Å²) >= 11 is 0. The normalized spacial score (nSPS) is 10.7. The zero-order valence-corrected chi connectivity index (χ0v) is 17.3. The lowest BCUT2D eigenvalue weighted by Crippen LogP contribution is -2.08. The van der Waals surface area contributed by atoms with E-state index in [0.717, 1.165) is 16.7 Å². The molecule has 8 nitrogen and oxygen atoms in total. The van der Waals surface area contributed by atoms with Crippen LogP contribution in [0.1, 0.15) is 38.4 Å². The molecule has 0 N–H and O–H groups in total. The molecule has 0 atom stereocenters. The molecule has 3 rings (SSSR count). The Morgan fingerprint density at radius 1 is 1.13 bits per heavy atom. The van der Waals surface area contributed by atoms with Crippen LogP contribution in [0.2, 0.25) is 0 Å². The van der Waals surface area contributed by atoms with Gasteiger partial charge in [-0.05, 0) is 50.6 Å². The Balaban J connectivity index is 1.67. The van der Waals surface area contributed by atoms with E-state index in [1.807, 2.05) is 25.1 Å². The van der Waals surface area contributed by atoms with Crippen LogP contribution in [0, 0.1) is 30.9 Å². The fourth-order valence-electron chi connectivity index (χ4n) is 3.27. The Kier molecular flexibility index (Phi) is 6.15. The third kappa shape index (κ3) is 4.48. The Morgan fingerprint density at radius 3 is 2.43 bits per heavy atom. The summed E-state index contributed by atoms with van der Waals surface area (Å²) in [6.07, 6.45) is 0. The molecule has 0 aliphatic rings. The number of aromatic nitrogens is 2. The van der Waals surface area contributed by atoms with E-state index in [9.17, 15) is 14.9 Å². The van der Waals surface area contributed by atoms with Crippen LogP contribution in [-0.4, -0.2) is 27.8 Å². The average Bonchev–Trinajstić information content (AvgIpc) is 2.99. The fourth-order valence-corrected chi connectivity index (χ4v) is 3.27. The second kappa shape index (κ2) is 8.77. The first-order chi connectivity index (χ1) is 14.3. The van der Waals surface area contributed by atoms with Crippen molar-refractivity contribution in [2.45, 2.75) is 33.9 Å². The largest absolute Gasteiger partial charge is 0.496 e. The predicted molar refractivity (Wildman–Crippen MR) is 111 cm³/mol. The summed E-state index contributed by atoms with van der Waals surface area (Å²) in [5.41, 5.74) is 4.04. The number of carbonyl (C=O) groups is 1. The van der Waals surface area contributed by atoms with Gasteiger partial charge in [-0.1, -0.05) is 23.8 Å². The number of nitrogens with zero attached hydrogens (tertiary/aromatic N) is 3. The van der Waals surface area contributed by atoms with E-state index in [2.05, 4.69) is 5.10 Å². The molecule has 2 aromatic carbocycles. The molecule has 156 valence electrons. The number of rotatable bonds is 7. The highest BCUT2D eigenvalue weighted by molar-refractivity contribution is 5.89. The van der Waals surface area contributed by atoms with Gasteiger partial charge in [-0.15, -0.1) is 0 Å². The molecule has 0 fully saturated rings. The quantitative estimate of drug-likeness (QED) is 0.331. The van der Waals surface area contributed by atoms with E-state index in [4.69, 9.17) is 9.47 Å². The lowest BCUT2D eigenvalue weighted by atomic mass is 10.1. The van der Waals surface area contributed by atoms with Crippen LogP contribution in [0.15, 0.2) is 42.5 Å². The lowest BCUT2D eigenvalue weighted by molar-refractivity contribution is -0.386. The molecular formula is C22H23N3O5. The molecule has 1 heterocycles. The third-order valence-corrected chi connectivity index (χ3v) is 4.84. The van der Waals surface area contributed by atoms with Crippen molar-refractivity contribution >= 4 is 11.7 Å². The second-order valence-electron chi connectivity index (χ2n) is 7.02. The maximum absolute atomic E-state index is 12.4. The average molecular weight is 409 g/mol. The Bertz CT molecular complexity index is 1090. The number of benzene rings is 2. The van der Waals surface area contributed by atoms with Crippen molar-refractivity contribution in [1.29, 1.82) is 0 Å². The number of hydrogen-bond acceptors (Lipinski definition) is 6. The van der Waals surface area contributed by atoms with Gasteiger partial charge in [-0.25, -0.2) is 4.79 Å². The molecule has 0 radical (unpaired) electrons. The molecule has 0 spiro atoms. The van der Waals surface area contributed by atoms with Crippen molar-refractivity contribution in [1.82, 2.24) is 9.78 Å². The molecule has 0 aliphatic carbocycles. The minimum Gasteiger partial charge on any atom is -0.496 e. The van der Waals surface area contributed by atoms with E-state index in [1.165, 1.54) is 0 Å². The second-order valence-corrected chi connectivity index (χ2v) is 7.02. The highest BCUT2D eigenvalue weighted by atomic mass is 16.6. The van der Waals surface area contributed by atoms with Gasteiger partial charge in [-0.3, -0.25) is 14.8 Å². The maximum atomic E-state index is 12.4. The monoisotopic (exact) mass is 409 g/mol. The van der Waals surface area contributed by atoms with Crippen molar-refractivity contribution in [3.63, 3.8) is 0 Å². The summed E-state index contributed by atoms with van der Waals surface area (Å²) in [7, 11) is 1.58. The Labute approximate surface area is 174 Å². The van der Waals surface area contributed by atoms with Gasteiger partial charge in [0.2, 0.25) is 0 Å². The predicted octanol–water partition coefficient (Wildman–Crippen LogP) is 4.13. The number of hydrogen-bond donors (Lipinski definition) is 0. The van der Waals surface area contributed by atoms with E-state index >= 15 is 0 Å². The van der Waals surface area contributed by atoms with Gasteiger partial charge in [0.15, 0.2) is 0 Å². The smallest absolute Gasteiger partial charge is 0.338 e. The highest BCUT2D eigenvalue weighted by Gasteiger charge is 2.21. The zero-order valence-electron chi connectivity index (χ0n) is 17.3. The number of esters is 1. The van der Waals surface area contributed by atoms with Crippen LogP contribution >= 0.6 is 0 Å². The maximum Gasteiger partial charge on any atom is 0.338 e. The molecule has 0 amide bonds. The van der Waals surface area contributed by atoms with Gasteiger partial charge in [-0.2, -0.15) is 5.10 Å². The Morgan fingerprint density at radius 2 is 1.83 bits per heavy atom. The first kappa shape index (κ1) is 21.0. The van der Waals surface area contributed by atoms with E-state index < -0.39 is 10.9 Å². The standard InChI is InChI=1S/C22H23N3O5/c1-14-5-10-20(29-4)19(11-14)13-30-22(26)18-8-6-17(7-9-18)12-24-16(3)21(25(27)28)15(2)23-24/h5-11H,12-13H2,1-4H3. The van der Waals surface area contributed by atoms with Gasteiger partial charge in [0.25, 0.3) is 0 Å². The highest BCUT2D eigenvalue weighted by Crippen LogP contribution is 2.23. The van der Waals surface area contributed by atoms with Crippen molar-refractivity contribution in [2.75, 3.05) is 7.11 Å². The molecular weight excluding hydrogens is 386 g/mol. The van der Waals surface area contributed by atoms with E-state index in [1.54, 1.807) is 49.9 Å². The zero-order chi connectivity index (χ0) is 21.8. The van der Waals surface area contributed by atoms with Gasteiger partial charge in [0, 0.05) is 5.56 Å². The molecule has 0 aliphatic heterocycles. The van der Waals surface area contributed by atoms with Crippen molar-refractivity contribution in [2.24, 2.45) is 0 Å². The van der Waals surface area contributed by atoms with Crippen LogP contribution in [0.3, 0.4) is 0 Å². The first-order valence-electron chi connectivity index (χ1n) is 9.38. The number of methoxy groups -OCH3 is 1. The molecule has 1 aromatic heterocycles. The van der Waals surface area contributed by atoms with Crippen LogP contribution in [0.5, 0.6) is 5.75 Å². The van der Waals surface area contributed by atoms with Gasteiger partial charge in [0.05, 0.1) is 24.1 Å². The summed E-state index contributed by atoms with van der Waals surface area (Å²) in [5.74, 6) is 0.231. The summed E-state index contributed by atoms with van der Waals surface area (Å²) in [6.45, 7) is 5.73. The topological polar surface area (TPSA) is 96.5 Å². The van der Waals surface area contributed by atoms with Crippen LogP contribution in [0.4, 0.5) is 5.69 Å². The van der Waals surface area contributed by atoms with Crippen LogP contribution in [0.25, 0.3) is 0 Å². The fraction of sp³-hybridized carbons (Fsp3) is 0.273. The molecule has 0 saturated heterocycles. The minimum atomic E-state index is -0.438. The molecule has 30 heavy (non-hydrogen) atoms.